The van der Waals surface area contributed by atoms with Crippen LogP contribution in [0.15, 0.2) is 0 Å². The Hall–Kier alpha value is -0.0800. The summed E-state index contributed by atoms with van der Waals surface area (Å²) in [5.41, 5.74) is 0.571. The van der Waals surface area contributed by atoms with E-state index in [0.29, 0.717) is 11.5 Å². The molecule has 2 heteroatoms. The van der Waals surface area contributed by atoms with Gasteiger partial charge in [0.25, 0.3) is 0 Å². The first kappa shape index (κ1) is 9.47. The van der Waals surface area contributed by atoms with E-state index in [2.05, 4.69) is 19.2 Å². The molecule has 2 fully saturated rings. The molecule has 76 valence electrons. The smallest absolute Gasteiger partial charge is 0.0582 e. The van der Waals surface area contributed by atoms with Gasteiger partial charge in [0.15, 0.2) is 0 Å². The summed E-state index contributed by atoms with van der Waals surface area (Å²) >= 11 is 0. The van der Waals surface area contributed by atoms with Gasteiger partial charge in [-0.2, -0.15) is 0 Å². The van der Waals surface area contributed by atoms with Crippen LogP contribution in [0, 0.1) is 11.3 Å². The molecule has 0 aliphatic heterocycles. The maximum Gasteiger partial charge on any atom is 0.0582 e. The molecule has 13 heavy (non-hydrogen) atoms. The Labute approximate surface area is 80.7 Å². The minimum atomic E-state index is 0.261. The lowest BCUT2D eigenvalue weighted by Crippen LogP contribution is -2.45. The molecule has 4 atom stereocenters. The first-order valence-electron chi connectivity index (χ1n) is 5.53. The van der Waals surface area contributed by atoms with Crippen LogP contribution in [0.1, 0.15) is 39.5 Å². The van der Waals surface area contributed by atoms with Gasteiger partial charge < -0.3 is 10.4 Å². The Morgan fingerprint density at radius 2 is 2.31 bits per heavy atom. The maximum absolute atomic E-state index is 8.99. The molecule has 2 rings (SSSR count). The molecule has 2 nitrogen and oxygen atoms in total. The zero-order valence-electron chi connectivity index (χ0n) is 8.71. The third kappa shape index (κ3) is 1.62. The van der Waals surface area contributed by atoms with Gasteiger partial charge in [-0.15, -0.1) is 0 Å². The van der Waals surface area contributed by atoms with Crippen molar-refractivity contribution >= 4 is 0 Å². The second kappa shape index (κ2) is 3.25. The first-order chi connectivity index (χ1) is 6.16. The number of aliphatic hydroxyl groups excluding tert-OH is 1. The second-order valence-electron chi connectivity index (χ2n) is 5.14. The number of nitrogens with one attached hydrogen (secondary N) is 1. The molecule has 2 N–H and O–H groups in total. The molecular weight excluding hydrogens is 162 g/mol. The van der Waals surface area contributed by atoms with Gasteiger partial charge in [0.2, 0.25) is 0 Å². The molecule has 0 aromatic heterocycles. The fraction of sp³-hybridized carbons (Fsp3) is 1.00. The SMILES string of the molecule is C[C@H](CO)NC1CCCC2CC21C. The third-order valence-electron chi connectivity index (χ3n) is 4.06. The normalized spacial score (nSPS) is 45.5. The first-order valence-corrected chi connectivity index (χ1v) is 5.53. The highest BCUT2D eigenvalue weighted by atomic mass is 16.3. The highest BCUT2D eigenvalue weighted by Gasteiger charge is 2.56. The van der Waals surface area contributed by atoms with Gasteiger partial charge in [0.05, 0.1) is 6.61 Å². The van der Waals surface area contributed by atoms with E-state index in [4.69, 9.17) is 5.11 Å². The average molecular weight is 183 g/mol. The third-order valence-corrected chi connectivity index (χ3v) is 4.06. The molecule has 0 aromatic rings. The fourth-order valence-corrected chi connectivity index (χ4v) is 2.90. The summed E-state index contributed by atoms with van der Waals surface area (Å²) in [5, 5.41) is 12.5. The summed E-state index contributed by atoms with van der Waals surface area (Å²) in [5.74, 6) is 0.977. The van der Waals surface area contributed by atoms with Crippen molar-refractivity contribution in [2.24, 2.45) is 11.3 Å². The quantitative estimate of drug-likeness (QED) is 0.695. The number of hydrogen-bond acceptors (Lipinski definition) is 2. The zero-order valence-corrected chi connectivity index (χ0v) is 8.71. The molecule has 0 bridgehead atoms. The predicted molar refractivity (Wildman–Crippen MR) is 53.5 cm³/mol. The van der Waals surface area contributed by atoms with Gasteiger partial charge in [-0.25, -0.2) is 0 Å². The van der Waals surface area contributed by atoms with Gasteiger partial charge in [-0.05, 0) is 37.5 Å². The molecule has 0 saturated heterocycles. The van der Waals surface area contributed by atoms with E-state index in [1.54, 1.807) is 0 Å². The summed E-state index contributed by atoms with van der Waals surface area (Å²) < 4.78 is 0. The van der Waals surface area contributed by atoms with Crippen molar-refractivity contribution in [2.45, 2.75) is 51.6 Å². The van der Waals surface area contributed by atoms with Crippen molar-refractivity contribution < 1.29 is 5.11 Å². The van der Waals surface area contributed by atoms with Crippen LogP contribution in [-0.4, -0.2) is 23.8 Å². The van der Waals surface area contributed by atoms with E-state index in [-0.39, 0.29) is 12.6 Å². The van der Waals surface area contributed by atoms with Crippen molar-refractivity contribution in [3.63, 3.8) is 0 Å². The fourth-order valence-electron chi connectivity index (χ4n) is 2.90. The van der Waals surface area contributed by atoms with E-state index in [1.165, 1.54) is 25.7 Å². The molecule has 2 aliphatic carbocycles. The number of rotatable bonds is 3. The van der Waals surface area contributed by atoms with Gasteiger partial charge in [-0.1, -0.05) is 13.3 Å². The lowest BCUT2D eigenvalue weighted by atomic mass is 9.84. The van der Waals surface area contributed by atoms with Crippen LogP contribution in [0.2, 0.25) is 0 Å². The molecule has 0 aromatic carbocycles. The Morgan fingerprint density at radius 1 is 1.54 bits per heavy atom. The molecule has 0 amide bonds. The minimum absolute atomic E-state index is 0.261. The van der Waals surface area contributed by atoms with Gasteiger partial charge in [0, 0.05) is 12.1 Å². The molecular formula is C11H21NO. The molecule has 0 spiro atoms. The van der Waals surface area contributed by atoms with Crippen LogP contribution in [0.25, 0.3) is 0 Å². The number of hydrogen-bond donors (Lipinski definition) is 2. The van der Waals surface area contributed by atoms with Crippen molar-refractivity contribution in [1.29, 1.82) is 0 Å². The lowest BCUT2D eigenvalue weighted by Gasteiger charge is -2.32. The van der Waals surface area contributed by atoms with Crippen LogP contribution in [0.5, 0.6) is 0 Å². The van der Waals surface area contributed by atoms with Gasteiger partial charge in [0.1, 0.15) is 0 Å². The standard InChI is InChI=1S/C11H21NO/c1-8(7-13)12-10-5-3-4-9-6-11(9,10)2/h8-10,12-13H,3-7H2,1-2H3/t8-,9?,10?,11?/m1/s1. The van der Waals surface area contributed by atoms with Gasteiger partial charge in [-0.3, -0.25) is 0 Å². The molecule has 2 aliphatic rings. The highest BCUT2D eigenvalue weighted by molar-refractivity contribution is 5.09. The van der Waals surface area contributed by atoms with Crippen LogP contribution in [0.3, 0.4) is 0 Å². The summed E-state index contributed by atoms with van der Waals surface area (Å²) in [6, 6.07) is 0.926. The summed E-state index contributed by atoms with van der Waals surface area (Å²) in [4.78, 5) is 0. The Morgan fingerprint density at radius 3 is 3.00 bits per heavy atom. The Bertz CT molecular complexity index is 195. The van der Waals surface area contributed by atoms with Crippen LogP contribution < -0.4 is 5.32 Å². The van der Waals surface area contributed by atoms with Crippen LogP contribution >= 0.6 is 0 Å². The predicted octanol–water partition coefficient (Wildman–Crippen LogP) is 1.54. The van der Waals surface area contributed by atoms with E-state index in [9.17, 15) is 0 Å². The van der Waals surface area contributed by atoms with Crippen LogP contribution in [-0.2, 0) is 0 Å². The second-order valence-corrected chi connectivity index (χ2v) is 5.14. The van der Waals surface area contributed by atoms with E-state index in [0.717, 1.165) is 5.92 Å². The topological polar surface area (TPSA) is 32.3 Å². The average Bonchev–Trinajstić information content (AvgIpc) is 2.78. The summed E-state index contributed by atoms with van der Waals surface area (Å²) in [6.07, 6.45) is 5.51. The number of aliphatic hydroxyl groups is 1. The van der Waals surface area contributed by atoms with Crippen molar-refractivity contribution in [3.05, 3.63) is 0 Å². The Balaban J connectivity index is 1.91. The van der Waals surface area contributed by atoms with E-state index < -0.39 is 0 Å². The molecule has 2 saturated carbocycles. The van der Waals surface area contributed by atoms with Crippen molar-refractivity contribution in [1.82, 2.24) is 5.32 Å². The molecule has 0 heterocycles. The molecule has 0 radical (unpaired) electrons. The van der Waals surface area contributed by atoms with Gasteiger partial charge >= 0.3 is 0 Å². The van der Waals surface area contributed by atoms with Crippen LogP contribution in [0.4, 0.5) is 0 Å². The number of fused-ring (bicyclic) bond motifs is 1. The van der Waals surface area contributed by atoms with E-state index >= 15 is 0 Å². The van der Waals surface area contributed by atoms with E-state index in [1.807, 2.05) is 0 Å². The van der Waals surface area contributed by atoms with Crippen molar-refractivity contribution in [2.75, 3.05) is 6.61 Å². The minimum Gasteiger partial charge on any atom is -0.395 e. The lowest BCUT2D eigenvalue weighted by molar-refractivity contribution is 0.195. The monoisotopic (exact) mass is 183 g/mol. The summed E-state index contributed by atoms with van der Waals surface area (Å²) in [6.45, 7) is 4.73. The summed E-state index contributed by atoms with van der Waals surface area (Å²) in [7, 11) is 0. The molecule has 3 unspecified atom stereocenters. The highest BCUT2D eigenvalue weighted by Crippen LogP contribution is 2.60. The maximum atomic E-state index is 8.99. The van der Waals surface area contributed by atoms with Crippen molar-refractivity contribution in [3.8, 4) is 0 Å². The largest absolute Gasteiger partial charge is 0.395 e. The Kier molecular flexibility index (Phi) is 2.37. The zero-order chi connectivity index (χ0) is 9.47.